The summed E-state index contributed by atoms with van der Waals surface area (Å²) in [6, 6.07) is 0. The average molecular weight is 178 g/mol. The van der Waals surface area contributed by atoms with Crippen molar-refractivity contribution in [2.75, 3.05) is 17.3 Å². The molecule has 0 saturated carbocycles. The lowest BCUT2D eigenvalue weighted by Gasteiger charge is -1.97. The van der Waals surface area contributed by atoms with Gasteiger partial charge < -0.3 is 0 Å². The largest absolute Gasteiger partial charge is 0.179 e. The predicted molar refractivity (Wildman–Crippen MR) is 55.3 cm³/mol. The van der Waals surface area contributed by atoms with Gasteiger partial charge in [0.05, 0.1) is 0 Å². The molecule has 10 heavy (non-hydrogen) atoms. The highest BCUT2D eigenvalue weighted by atomic mass is 32.2. The molecule has 0 aliphatic rings. The Balaban J connectivity index is 2.65. The topological polar surface area (TPSA) is 0 Å². The fourth-order valence-electron chi connectivity index (χ4n) is 0.664. The van der Waals surface area contributed by atoms with Crippen LogP contribution in [0, 0.1) is 0 Å². The summed E-state index contributed by atoms with van der Waals surface area (Å²) in [6.45, 7) is 2.24. The smallest absolute Gasteiger partial charge is 0.00672 e. The Hall–Kier alpha value is 0.700. The lowest BCUT2D eigenvalue weighted by atomic mass is 10.4. The number of unbranched alkanes of at least 4 members (excludes halogenated alkanes) is 2. The molecule has 0 amide bonds. The van der Waals surface area contributed by atoms with Gasteiger partial charge in [0.25, 0.3) is 0 Å². The highest BCUT2D eigenvalue weighted by molar-refractivity contribution is 7.99. The fraction of sp³-hybridized carbons (Fsp3) is 1.00. The third-order valence-electron chi connectivity index (χ3n) is 1.34. The van der Waals surface area contributed by atoms with E-state index in [1.807, 2.05) is 0 Å². The molecule has 62 valence electrons. The second-order valence-electron chi connectivity index (χ2n) is 2.40. The number of rotatable bonds is 7. The molecule has 0 radical (unpaired) electrons. The van der Waals surface area contributed by atoms with E-state index in [9.17, 15) is 0 Å². The molecule has 0 atom stereocenters. The number of hydrogen-bond acceptors (Lipinski definition) is 2. The molecule has 0 spiro atoms. The molecule has 2 heteroatoms. The highest BCUT2D eigenvalue weighted by Crippen LogP contribution is 2.07. The van der Waals surface area contributed by atoms with Crippen molar-refractivity contribution < 1.29 is 0 Å². The van der Waals surface area contributed by atoms with Gasteiger partial charge in [-0.2, -0.15) is 24.4 Å². The molecule has 0 fully saturated rings. The van der Waals surface area contributed by atoms with Crippen LogP contribution >= 0.6 is 24.4 Å². The molecule has 0 aromatic rings. The van der Waals surface area contributed by atoms with Crippen LogP contribution in [0.25, 0.3) is 0 Å². The first kappa shape index (κ1) is 10.7. The summed E-state index contributed by atoms with van der Waals surface area (Å²) in [6.07, 6.45) is 5.34. The fourth-order valence-corrected chi connectivity index (χ4v) is 1.99. The molecule has 0 aliphatic carbocycles. The predicted octanol–water partition coefficient (Wildman–Crippen LogP) is 3.23. The van der Waals surface area contributed by atoms with Gasteiger partial charge in [-0.15, -0.1) is 0 Å². The molecule has 0 aromatic heterocycles. The minimum Gasteiger partial charge on any atom is -0.179 e. The molecule has 0 nitrogen and oxygen atoms in total. The Morgan fingerprint density at radius 2 is 1.80 bits per heavy atom. The van der Waals surface area contributed by atoms with E-state index in [-0.39, 0.29) is 0 Å². The normalized spacial score (nSPS) is 10.2. The SMILES string of the molecule is CCCCSCCCCS. The maximum Gasteiger partial charge on any atom is -0.00672 e. The van der Waals surface area contributed by atoms with E-state index in [0.717, 1.165) is 5.75 Å². The van der Waals surface area contributed by atoms with E-state index in [4.69, 9.17) is 0 Å². The van der Waals surface area contributed by atoms with E-state index in [1.54, 1.807) is 0 Å². The van der Waals surface area contributed by atoms with Crippen molar-refractivity contribution in [3.05, 3.63) is 0 Å². The molecule has 0 N–H and O–H groups in total. The number of hydrogen-bond donors (Lipinski definition) is 1. The summed E-state index contributed by atoms with van der Waals surface area (Å²) >= 11 is 6.24. The van der Waals surface area contributed by atoms with Crippen LogP contribution in [-0.4, -0.2) is 17.3 Å². The lowest BCUT2D eigenvalue weighted by Crippen LogP contribution is -1.84. The van der Waals surface area contributed by atoms with E-state index in [0.29, 0.717) is 0 Å². The van der Waals surface area contributed by atoms with Crippen molar-refractivity contribution >= 4 is 24.4 Å². The summed E-state index contributed by atoms with van der Waals surface area (Å²) in [4.78, 5) is 0. The maximum atomic E-state index is 4.15. The molecule has 0 saturated heterocycles. The molecule has 0 aliphatic heterocycles. The van der Waals surface area contributed by atoms with Gasteiger partial charge in [0.2, 0.25) is 0 Å². The maximum absolute atomic E-state index is 4.15. The van der Waals surface area contributed by atoms with E-state index in [2.05, 4.69) is 31.3 Å². The van der Waals surface area contributed by atoms with Gasteiger partial charge in [-0.05, 0) is 36.5 Å². The van der Waals surface area contributed by atoms with Crippen molar-refractivity contribution in [1.82, 2.24) is 0 Å². The van der Waals surface area contributed by atoms with Crippen LogP contribution in [0.5, 0.6) is 0 Å². The summed E-state index contributed by atoms with van der Waals surface area (Å²) in [5.41, 5.74) is 0. The van der Waals surface area contributed by atoms with Crippen LogP contribution in [-0.2, 0) is 0 Å². The van der Waals surface area contributed by atoms with Crippen molar-refractivity contribution in [2.45, 2.75) is 32.6 Å². The first-order valence-corrected chi connectivity index (χ1v) is 5.89. The van der Waals surface area contributed by atoms with Gasteiger partial charge in [-0.1, -0.05) is 13.3 Å². The second kappa shape index (κ2) is 9.70. The summed E-state index contributed by atoms with van der Waals surface area (Å²) in [7, 11) is 0. The molecular formula is C8H18S2. The van der Waals surface area contributed by atoms with Crippen molar-refractivity contribution in [2.24, 2.45) is 0 Å². The summed E-state index contributed by atoms with van der Waals surface area (Å²) < 4.78 is 0. The molecule has 0 heterocycles. The van der Waals surface area contributed by atoms with Gasteiger partial charge in [0, 0.05) is 0 Å². The van der Waals surface area contributed by atoms with Crippen molar-refractivity contribution in [3.8, 4) is 0 Å². The lowest BCUT2D eigenvalue weighted by molar-refractivity contribution is 0.884. The molecule has 0 unspecified atom stereocenters. The standard InChI is InChI=1S/C8H18S2/c1-2-3-7-10-8-5-4-6-9/h9H,2-8H2,1H3. The van der Waals surface area contributed by atoms with Crippen LogP contribution in [0.4, 0.5) is 0 Å². The average Bonchev–Trinajstić information content (AvgIpc) is 1.97. The minimum atomic E-state index is 1.05. The Kier molecular flexibility index (Phi) is 10.4. The highest BCUT2D eigenvalue weighted by Gasteiger charge is 1.87. The Morgan fingerprint density at radius 3 is 2.40 bits per heavy atom. The summed E-state index contributed by atoms with van der Waals surface area (Å²) in [5.74, 6) is 3.73. The zero-order valence-corrected chi connectivity index (χ0v) is 8.52. The first-order chi connectivity index (χ1) is 4.91. The third kappa shape index (κ3) is 8.70. The summed E-state index contributed by atoms with van der Waals surface area (Å²) in [5, 5.41) is 0. The van der Waals surface area contributed by atoms with Crippen molar-refractivity contribution in [3.63, 3.8) is 0 Å². The zero-order valence-electron chi connectivity index (χ0n) is 6.81. The number of thioether (sulfide) groups is 1. The van der Waals surface area contributed by atoms with Crippen LogP contribution in [0.2, 0.25) is 0 Å². The Morgan fingerprint density at radius 1 is 1.10 bits per heavy atom. The monoisotopic (exact) mass is 178 g/mol. The van der Waals surface area contributed by atoms with E-state index < -0.39 is 0 Å². The van der Waals surface area contributed by atoms with E-state index >= 15 is 0 Å². The van der Waals surface area contributed by atoms with Gasteiger partial charge >= 0.3 is 0 Å². The van der Waals surface area contributed by atoms with Gasteiger partial charge in [-0.3, -0.25) is 0 Å². The first-order valence-electron chi connectivity index (χ1n) is 4.10. The zero-order chi connectivity index (χ0) is 7.66. The quantitative estimate of drug-likeness (QED) is 0.461. The van der Waals surface area contributed by atoms with Crippen molar-refractivity contribution in [1.29, 1.82) is 0 Å². The van der Waals surface area contributed by atoms with Gasteiger partial charge in [0.1, 0.15) is 0 Å². The Bertz CT molecular complexity index is 47.2. The van der Waals surface area contributed by atoms with Crippen LogP contribution in [0.1, 0.15) is 32.6 Å². The molecule has 0 rings (SSSR count). The van der Waals surface area contributed by atoms with Gasteiger partial charge in [0.15, 0.2) is 0 Å². The number of thiol groups is 1. The minimum absolute atomic E-state index is 1.05. The van der Waals surface area contributed by atoms with Gasteiger partial charge in [-0.25, -0.2) is 0 Å². The van der Waals surface area contributed by atoms with Crippen LogP contribution < -0.4 is 0 Å². The van der Waals surface area contributed by atoms with Crippen LogP contribution in [0.15, 0.2) is 0 Å². The van der Waals surface area contributed by atoms with Crippen LogP contribution in [0.3, 0.4) is 0 Å². The second-order valence-corrected chi connectivity index (χ2v) is 4.07. The third-order valence-corrected chi connectivity index (χ3v) is 2.81. The molecule has 0 bridgehead atoms. The van der Waals surface area contributed by atoms with E-state index in [1.165, 1.54) is 37.2 Å². The molecular weight excluding hydrogens is 160 g/mol. The Labute approximate surface area is 74.6 Å². The molecule has 0 aromatic carbocycles.